The number of amides is 1. The van der Waals surface area contributed by atoms with Gasteiger partial charge in [-0.2, -0.15) is 15.0 Å². The number of rotatable bonds is 5. The van der Waals surface area contributed by atoms with Crippen molar-refractivity contribution < 1.29 is 9.18 Å². The Labute approximate surface area is 189 Å². The van der Waals surface area contributed by atoms with E-state index >= 15 is 0 Å². The summed E-state index contributed by atoms with van der Waals surface area (Å²) < 4.78 is 13.1. The quantitative estimate of drug-likeness (QED) is 0.432. The highest BCUT2D eigenvalue weighted by atomic mass is 19.1. The molecule has 2 aromatic carbocycles. The number of aromatic nitrogens is 4. The van der Waals surface area contributed by atoms with E-state index in [-0.39, 0.29) is 17.7 Å². The van der Waals surface area contributed by atoms with Gasteiger partial charge in [0, 0.05) is 42.8 Å². The van der Waals surface area contributed by atoms with E-state index < -0.39 is 0 Å². The molecule has 5 rings (SSSR count). The third kappa shape index (κ3) is 4.75. The van der Waals surface area contributed by atoms with E-state index in [9.17, 15) is 9.18 Å². The molecule has 1 saturated heterocycles. The van der Waals surface area contributed by atoms with Gasteiger partial charge in [-0.1, -0.05) is 18.2 Å². The molecule has 0 saturated carbocycles. The van der Waals surface area contributed by atoms with Gasteiger partial charge in [-0.15, -0.1) is 0 Å². The average molecular weight is 446 g/mol. The monoisotopic (exact) mass is 446 g/mol. The van der Waals surface area contributed by atoms with Crippen molar-refractivity contribution in [1.82, 2.24) is 29.7 Å². The summed E-state index contributed by atoms with van der Waals surface area (Å²) in [6.45, 7) is 3.08. The molecule has 4 aromatic rings. The average Bonchev–Trinajstić information content (AvgIpc) is 3.25. The van der Waals surface area contributed by atoms with Crippen molar-refractivity contribution in [2.45, 2.75) is 6.54 Å². The van der Waals surface area contributed by atoms with Crippen LogP contribution in [0.3, 0.4) is 0 Å². The van der Waals surface area contributed by atoms with Gasteiger partial charge in [0.25, 0.3) is 5.91 Å². The second-order valence-electron chi connectivity index (χ2n) is 7.90. The predicted molar refractivity (Wildman–Crippen MR) is 123 cm³/mol. The van der Waals surface area contributed by atoms with E-state index in [1.165, 1.54) is 12.1 Å². The molecular weight excluding hydrogens is 423 g/mol. The lowest BCUT2D eigenvalue weighted by atomic mass is 10.2. The Morgan fingerprint density at radius 3 is 2.55 bits per heavy atom. The van der Waals surface area contributed by atoms with Gasteiger partial charge in [-0.05, 0) is 36.4 Å². The molecule has 0 bridgehead atoms. The standard InChI is InChI=1S/C23H23FN8O/c24-16-5-7-17(8-6-16)26-23-29-20(28-22(25)30-23)14-31-9-11-32(12-10-31)21(33)19-13-15-3-1-2-4-18(15)27-19/h1-8,13,27H,9-12,14H2,(H3,25,26,28,29,30). The Kier molecular flexibility index (Phi) is 5.57. The molecule has 4 N–H and O–H groups in total. The third-order valence-corrected chi connectivity index (χ3v) is 5.58. The zero-order chi connectivity index (χ0) is 22.8. The number of piperazine rings is 1. The molecule has 0 atom stereocenters. The minimum atomic E-state index is -0.321. The number of halogens is 1. The molecule has 1 amide bonds. The molecule has 168 valence electrons. The number of aromatic amines is 1. The molecule has 3 heterocycles. The summed E-state index contributed by atoms with van der Waals surface area (Å²) in [6.07, 6.45) is 0. The largest absolute Gasteiger partial charge is 0.368 e. The highest BCUT2D eigenvalue weighted by molar-refractivity contribution is 5.98. The first-order chi connectivity index (χ1) is 16.0. The van der Waals surface area contributed by atoms with Crippen LogP contribution in [0.25, 0.3) is 10.9 Å². The Bertz CT molecular complexity index is 1250. The van der Waals surface area contributed by atoms with Crippen molar-refractivity contribution in [2.24, 2.45) is 0 Å². The van der Waals surface area contributed by atoms with Crippen LogP contribution in [0.4, 0.5) is 22.0 Å². The van der Waals surface area contributed by atoms with Crippen LogP contribution in [0.5, 0.6) is 0 Å². The van der Waals surface area contributed by atoms with E-state index in [1.807, 2.05) is 35.2 Å². The molecule has 2 aromatic heterocycles. The van der Waals surface area contributed by atoms with E-state index in [2.05, 4.69) is 30.2 Å². The molecule has 9 nitrogen and oxygen atoms in total. The summed E-state index contributed by atoms with van der Waals surface area (Å²) in [5.74, 6) is 0.621. The van der Waals surface area contributed by atoms with Crippen LogP contribution in [0.1, 0.15) is 16.3 Å². The summed E-state index contributed by atoms with van der Waals surface area (Å²) in [7, 11) is 0. The highest BCUT2D eigenvalue weighted by Crippen LogP contribution is 2.18. The maximum Gasteiger partial charge on any atom is 0.270 e. The highest BCUT2D eigenvalue weighted by Gasteiger charge is 2.24. The van der Waals surface area contributed by atoms with Gasteiger partial charge in [0.1, 0.15) is 17.3 Å². The van der Waals surface area contributed by atoms with Crippen molar-refractivity contribution in [2.75, 3.05) is 37.2 Å². The van der Waals surface area contributed by atoms with Crippen LogP contribution in [0, 0.1) is 5.82 Å². The summed E-state index contributed by atoms with van der Waals surface area (Å²) >= 11 is 0. The van der Waals surface area contributed by atoms with Crippen LogP contribution < -0.4 is 11.1 Å². The second-order valence-corrected chi connectivity index (χ2v) is 7.90. The number of carbonyl (C=O) groups is 1. The number of carbonyl (C=O) groups excluding carboxylic acids is 1. The maximum atomic E-state index is 13.1. The number of H-pyrrole nitrogens is 1. The minimum absolute atomic E-state index is 0.000963. The van der Waals surface area contributed by atoms with Crippen molar-refractivity contribution in [1.29, 1.82) is 0 Å². The normalized spacial score (nSPS) is 14.5. The summed E-state index contributed by atoms with van der Waals surface area (Å²) in [5.41, 5.74) is 8.07. The lowest BCUT2D eigenvalue weighted by Crippen LogP contribution is -2.48. The van der Waals surface area contributed by atoms with E-state index in [4.69, 9.17) is 5.73 Å². The van der Waals surface area contributed by atoms with E-state index in [0.29, 0.717) is 55.9 Å². The number of benzene rings is 2. The zero-order valence-electron chi connectivity index (χ0n) is 17.8. The fourth-order valence-electron chi connectivity index (χ4n) is 3.89. The molecular formula is C23H23FN8O. The molecule has 1 aliphatic rings. The number of anilines is 3. The first kappa shape index (κ1) is 20.8. The van der Waals surface area contributed by atoms with Gasteiger partial charge in [0.2, 0.25) is 11.9 Å². The molecule has 0 spiro atoms. The molecule has 10 heteroatoms. The number of para-hydroxylation sites is 1. The van der Waals surface area contributed by atoms with Crippen LogP contribution in [-0.4, -0.2) is 61.8 Å². The second kappa shape index (κ2) is 8.83. The fourth-order valence-corrected chi connectivity index (χ4v) is 3.89. The number of nitrogens with zero attached hydrogens (tertiary/aromatic N) is 5. The molecule has 33 heavy (non-hydrogen) atoms. The lowest BCUT2D eigenvalue weighted by Gasteiger charge is -2.34. The number of nitrogen functional groups attached to an aromatic ring is 1. The third-order valence-electron chi connectivity index (χ3n) is 5.58. The number of nitrogens with two attached hydrogens (primary N) is 1. The van der Waals surface area contributed by atoms with Crippen molar-refractivity contribution >= 4 is 34.4 Å². The minimum Gasteiger partial charge on any atom is -0.368 e. The number of hydrogen-bond donors (Lipinski definition) is 3. The molecule has 1 aliphatic heterocycles. The molecule has 0 radical (unpaired) electrons. The van der Waals surface area contributed by atoms with Gasteiger partial charge in [-0.25, -0.2) is 4.39 Å². The first-order valence-electron chi connectivity index (χ1n) is 10.7. The van der Waals surface area contributed by atoms with Gasteiger partial charge in [0.15, 0.2) is 0 Å². The Balaban J connectivity index is 1.20. The summed E-state index contributed by atoms with van der Waals surface area (Å²) in [5, 5.41) is 4.04. The Hall–Kier alpha value is -4.05. The van der Waals surface area contributed by atoms with Gasteiger partial charge in [0.05, 0.1) is 6.54 Å². The predicted octanol–water partition coefficient (Wildman–Crippen LogP) is 2.78. The van der Waals surface area contributed by atoms with Crippen LogP contribution in [0.2, 0.25) is 0 Å². The van der Waals surface area contributed by atoms with Crippen LogP contribution >= 0.6 is 0 Å². The van der Waals surface area contributed by atoms with Gasteiger partial charge in [-0.3, -0.25) is 9.69 Å². The maximum absolute atomic E-state index is 13.1. The molecule has 0 unspecified atom stereocenters. The number of nitrogens with one attached hydrogen (secondary N) is 2. The van der Waals surface area contributed by atoms with Gasteiger partial charge >= 0.3 is 0 Å². The molecule has 0 aliphatic carbocycles. The van der Waals surface area contributed by atoms with Crippen LogP contribution in [0.15, 0.2) is 54.6 Å². The van der Waals surface area contributed by atoms with Crippen LogP contribution in [-0.2, 0) is 6.54 Å². The van der Waals surface area contributed by atoms with E-state index in [1.54, 1.807) is 12.1 Å². The Morgan fingerprint density at radius 2 is 1.79 bits per heavy atom. The first-order valence-corrected chi connectivity index (χ1v) is 10.7. The lowest BCUT2D eigenvalue weighted by molar-refractivity contribution is 0.0620. The topological polar surface area (TPSA) is 116 Å². The van der Waals surface area contributed by atoms with Crippen molar-refractivity contribution in [3.8, 4) is 0 Å². The number of hydrogen-bond acceptors (Lipinski definition) is 7. The summed E-state index contributed by atoms with van der Waals surface area (Å²) in [4.78, 5) is 32.9. The Morgan fingerprint density at radius 1 is 1.03 bits per heavy atom. The molecule has 1 fully saturated rings. The number of fused-ring (bicyclic) bond motifs is 1. The summed E-state index contributed by atoms with van der Waals surface area (Å²) in [6, 6.07) is 15.6. The van der Waals surface area contributed by atoms with E-state index in [0.717, 1.165) is 10.9 Å². The fraction of sp³-hybridized carbons (Fsp3) is 0.217. The smallest absolute Gasteiger partial charge is 0.270 e. The van der Waals surface area contributed by atoms with Gasteiger partial charge < -0.3 is 20.9 Å². The zero-order valence-corrected chi connectivity index (χ0v) is 17.8. The van der Waals surface area contributed by atoms with Crippen molar-refractivity contribution in [3.05, 3.63) is 71.9 Å². The SMILES string of the molecule is Nc1nc(CN2CCN(C(=O)c3cc4ccccc4[nH]3)CC2)nc(Nc2ccc(F)cc2)n1. The van der Waals surface area contributed by atoms with Crippen molar-refractivity contribution in [3.63, 3.8) is 0 Å².